The second-order valence-electron chi connectivity index (χ2n) is 6.25. The van der Waals surface area contributed by atoms with Crippen LogP contribution < -0.4 is 10.1 Å². The lowest BCUT2D eigenvalue weighted by molar-refractivity contribution is -0.135. The van der Waals surface area contributed by atoms with Crippen molar-refractivity contribution < 1.29 is 14.3 Å². The van der Waals surface area contributed by atoms with Gasteiger partial charge < -0.3 is 15.0 Å². The maximum absolute atomic E-state index is 12.3. The fourth-order valence-electron chi connectivity index (χ4n) is 2.57. The number of benzene rings is 1. The fraction of sp³-hybridized carbons (Fsp3) is 0.556. The van der Waals surface area contributed by atoms with E-state index in [1.165, 1.54) is 0 Å². The van der Waals surface area contributed by atoms with E-state index < -0.39 is 0 Å². The number of carbonyl (C=O) groups excluding carboxylic acids is 2. The average Bonchev–Trinajstić information content (AvgIpc) is 2.61. The summed E-state index contributed by atoms with van der Waals surface area (Å²) in [5.74, 6) is 0.484. The molecule has 1 aliphatic rings. The van der Waals surface area contributed by atoms with Crippen LogP contribution in [0.3, 0.4) is 0 Å². The standard InChI is InChI=1S/C18H26ClN3O3/c1-3-14(2)20-17(23)12-21-8-10-22(11-9-21)18(24)13-25-16-7-5-4-6-15(16)19/h4-7,14H,3,8-13H2,1-2H3,(H,20,23). The van der Waals surface area contributed by atoms with Gasteiger partial charge in [-0.3, -0.25) is 14.5 Å². The molecule has 1 fully saturated rings. The zero-order chi connectivity index (χ0) is 18.2. The minimum atomic E-state index is -0.0661. The van der Waals surface area contributed by atoms with Gasteiger partial charge in [-0.2, -0.15) is 0 Å². The molecule has 7 heteroatoms. The van der Waals surface area contributed by atoms with E-state index in [1.807, 2.05) is 26.0 Å². The second-order valence-corrected chi connectivity index (χ2v) is 6.66. The van der Waals surface area contributed by atoms with Crippen molar-refractivity contribution in [3.8, 4) is 5.75 Å². The number of piperazine rings is 1. The molecule has 1 heterocycles. The van der Waals surface area contributed by atoms with Crippen LogP contribution in [0.2, 0.25) is 5.02 Å². The summed E-state index contributed by atoms with van der Waals surface area (Å²) in [6.45, 7) is 6.95. The Bertz CT molecular complexity index is 589. The Morgan fingerprint density at radius 3 is 2.56 bits per heavy atom. The number of nitrogens with one attached hydrogen (secondary N) is 1. The van der Waals surface area contributed by atoms with E-state index in [2.05, 4.69) is 10.2 Å². The van der Waals surface area contributed by atoms with E-state index >= 15 is 0 Å². The number of amides is 2. The van der Waals surface area contributed by atoms with Crippen LogP contribution in [-0.4, -0.2) is 67.0 Å². The van der Waals surface area contributed by atoms with Crippen LogP contribution in [-0.2, 0) is 9.59 Å². The molecule has 0 spiro atoms. The highest BCUT2D eigenvalue weighted by atomic mass is 35.5. The van der Waals surface area contributed by atoms with Gasteiger partial charge in [-0.15, -0.1) is 0 Å². The van der Waals surface area contributed by atoms with Crippen molar-refractivity contribution in [1.82, 2.24) is 15.1 Å². The van der Waals surface area contributed by atoms with E-state index in [0.29, 0.717) is 43.5 Å². The molecule has 25 heavy (non-hydrogen) atoms. The van der Waals surface area contributed by atoms with Gasteiger partial charge in [0.05, 0.1) is 11.6 Å². The summed E-state index contributed by atoms with van der Waals surface area (Å²) in [5, 5.41) is 3.45. The minimum absolute atomic E-state index is 0.0295. The molecule has 0 bridgehead atoms. The number of para-hydroxylation sites is 1. The molecule has 1 unspecified atom stereocenters. The van der Waals surface area contributed by atoms with Crippen LogP contribution in [0.4, 0.5) is 0 Å². The summed E-state index contributed by atoms with van der Waals surface area (Å²) in [5.41, 5.74) is 0. The van der Waals surface area contributed by atoms with Gasteiger partial charge in [-0.1, -0.05) is 30.7 Å². The molecule has 0 aliphatic carbocycles. The minimum Gasteiger partial charge on any atom is -0.482 e. The Morgan fingerprint density at radius 1 is 1.24 bits per heavy atom. The van der Waals surface area contributed by atoms with Crippen molar-refractivity contribution in [2.24, 2.45) is 0 Å². The molecule has 1 saturated heterocycles. The first-order chi connectivity index (χ1) is 12.0. The molecule has 1 N–H and O–H groups in total. The third-order valence-electron chi connectivity index (χ3n) is 4.30. The van der Waals surface area contributed by atoms with Crippen LogP contribution in [0.15, 0.2) is 24.3 Å². The summed E-state index contributed by atoms with van der Waals surface area (Å²) in [6.07, 6.45) is 0.916. The van der Waals surface area contributed by atoms with Gasteiger partial charge in [-0.25, -0.2) is 0 Å². The van der Waals surface area contributed by atoms with E-state index in [0.717, 1.165) is 6.42 Å². The second kappa shape index (κ2) is 9.63. The summed E-state index contributed by atoms with van der Waals surface area (Å²) >= 11 is 6.01. The van der Waals surface area contributed by atoms with Crippen molar-refractivity contribution in [2.75, 3.05) is 39.3 Å². The van der Waals surface area contributed by atoms with Crippen molar-refractivity contribution in [1.29, 1.82) is 0 Å². The van der Waals surface area contributed by atoms with Crippen molar-refractivity contribution in [3.63, 3.8) is 0 Å². The maximum Gasteiger partial charge on any atom is 0.260 e. The van der Waals surface area contributed by atoms with Crippen LogP contribution in [0, 0.1) is 0 Å². The quantitative estimate of drug-likeness (QED) is 0.798. The largest absolute Gasteiger partial charge is 0.482 e. The zero-order valence-electron chi connectivity index (χ0n) is 14.8. The van der Waals surface area contributed by atoms with Crippen LogP contribution in [0.1, 0.15) is 20.3 Å². The Balaban J connectivity index is 1.71. The number of carbonyl (C=O) groups is 2. The summed E-state index contributed by atoms with van der Waals surface area (Å²) in [6, 6.07) is 7.29. The Hall–Kier alpha value is -1.79. The van der Waals surface area contributed by atoms with Gasteiger partial charge in [0.25, 0.3) is 5.91 Å². The third kappa shape index (κ3) is 6.21. The maximum atomic E-state index is 12.3. The monoisotopic (exact) mass is 367 g/mol. The first-order valence-corrected chi connectivity index (χ1v) is 9.04. The molecule has 2 rings (SSSR count). The Labute approximate surface area is 154 Å². The van der Waals surface area contributed by atoms with E-state index in [9.17, 15) is 9.59 Å². The number of nitrogens with zero attached hydrogens (tertiary/aromatic N) is 2. The van der Waals surface area contributed by atoms with Gasteiger partial charge in [0.2, 0.25) is 5.91 Å². The highest BCUT2D eigenvalue weighted by Gasteiger charge is 2.23. The lowest BCUT2D eigenvalue weighted by Crippen LogP contribution is -2.52. The van der Waals surface area contributed by atoms with E-state index in [4.69, 9.17) is 16.3 Å². The molecule has 1 aromatic carbocycles. The van der Waals surface area contributed by atoms with E-state index in [1.54, 1.807) is 17.0 Å². The van der Waals surface area contributed by atoms with Crippen LogP contribution >= 0.6 is 11.6 Å². The first kappa shape index (κ1) is 19.5. The number of ether oxygens (including phenoxy) is 1. The van der Waals surface area contributed by atoms with Gasteiger partial charge >= 0.3 is 0 Å². The van der Waals surface area contributed by atoms with Gasteiger partial charge in [0, 0.05) is 32.2 Å². The summed E-state index contributed by atoms with van der Waals surface area (Å²) in [7, 11) is 0. The Morgan fingerprint density at radius 2 is 1.92 bits per heavy atom. The highest BCUT2D eigenvalue weighted by Crippen LogP contribution is 2.23. The Kier molecular flexibility index (Phi) is 7.52. The van der Waals surface area contributed by atoms with Gasteiger partial charge in [-0.05, 0) is 25.5 Å². The molecule has 138 valence electrons. The first-order valence-electron chi connectivity index (χ1n) is 8.66. The van der Waals surface area contributed by atoms with Crippen LogP contribution in [0.25, 0.3) is 0 Å². The molecular formula is C18H26ClN3O3. The molecule has 2 amide bonds. The predicted molar refractivity (Wildman–Crippen MR) is 97.9 cm³/mol. The third-order valence-corrected chi connectivity index (χ3v) is 4.61. The number of halogens is 1. The van der Waals surface area contributed by atoms with Crippen molar-refractivity contribution >= 4 is 23.4 Å². The molecule has 1 aromatic rings. The molecule has 1 aliphatic heterocycles. The van der Waals surface area contributed by atoms with Crippen LogP contribution in [0.5, 0.6) is 5.75 Å². The normalized spacial score (nSPS) is 16.4. The lowest BCUT2D eigenvalue weighted by atomic mass is 10.2. The molecule has 6 nitrogen and oxygen atoms in total. The SMILES string of the molecule is CCC(C)NC(=O)CN1CCN(C(=O)COc2ccccc2Cl)CC1. The molecule has 0 saturated carbocycles. The summed E-state index contributed by atoms with van der Waals surface area (Å²) in [4.78, 5) is 28.0. The molecule has 0 aromatic heterocycles. The van der Waals surface area contributed by atoms with Gasteiger partial charge in [0.15, 0.2) is 6.61 Å². The van der Waals surface area contributed by atoms with E-state index in [-0.39, 0.29) is 24.5 Å². The zero-order valence-corrected chi connectivity index (χ0v) is 15.6. The summed E-state index contributed by atoms with van der Waals surface area (Å²) < 4.78 is 5.50. The number of hydrogen-bond donors (Lipinski definition) is 1. The fourth-order valence-corrected chi connectivity index (χ4v) is 2.76. The molecule has 0 radical (unpaired) electrons. The predicted octanol–water partition coefficient (Wildman–Crippen LogP) is 1.78. The smallest absolute Gasteiger partial charge is 0.260 e. The van der Waals surface area contributed by atoms with Crippen molar-refractivity contribution in [3.05, 3.63) is 29.3 Å². The van der Waals surface area contributed by atoms with Crippen molar-refractivity contribution in [2.45, 2.75) is 26.3 Å². The number of hydrogen-bond acceptors (Lipinski definition) is 4. The van der Waals surface area contributed by atoms with Gasteiger partial charge in [0.1, 0.15) is 5.75 Å². The lowest BCUT2D eigenvalue weighted by Gasteiger charge is -2.34. The average molecular weight is 368 g/mol. The molecule has 1 atom stereocenters. The highest BCUT2D eigenvalue weighted by molar-refractivity contribution is 6.32. The number of rotatable bonds is 7. The molecular weight excluding hydrogens is 342 g/mol. The topological polar surface area (TPSA) is 61.9 Å².